The highest BCUT2D eigenvalue weighted by Crippen LogP contribution is 2.49. The minimum absolute atomic E-state index is 0.115. The lowest BCUT2D eigenvalue weighted by atomic mass is 9.85. The Morgan fingerprint density at radius 3 is 2.49 bits per heavy atom. The first kappa shape index (κ1) is 42.8. The van der Waals surface area contributed by atoms with Crippen molar-refractivity contribution >= 4 is 44.7 Å². The Kier molecular flexibility index (Phi) is 12.1. The highest BCUT2D eigenvalue weighted by atomic mass is 32.2. The van der Waals surface area contributed by atoms with E-state index in [1.807, 2.05) is 22.9 Å². The van der Waals surface area contributed by atoms with Crippen LogP contribution < -0.4 is 24.8 Å². The van der Waals surface area contributed by atoms with Crippen LogP contribution in [0, 0.1) is 23.2 Å². The number of fused-ring (bicyclic) bond motifs is 5. The summed E-state index contributed by atoms with van der Waals surface area (Å²) in [6, 6.07) is 5.03. The molecule has 4 amide bonds. The Bertz CT molecular complexity index is 2060. The number of nitrogens with zero attached hydrogens (tertiary/aromatic N) is 2. The standard InChI is InChI=1S/C42H57F2N5O9S/c1-6-23-13-17-33-29(23)11-9-7-8-10-25-18-24-12-14-26(56-5)19-31(24)45-37(25)57-27-20-32(49(22-27)38(51)34(41(2,3)4)46-40(53)58-33)36(50)47-42(21-30(42)35(43)44)39(52)48-59(54,55)28-15-16-28/h12,14,18-19,23,27-30,32-35H,6-11,13,15-17,20-22H2,1-5H3,(H,46,53)(H,47,50)(H,48,52). The van der Waals surface area contributed by atoms with Crippen LogP contribution in [0.15, 0.2) is 24.3 Å². The average molecular weight is 846 g/mol. The Morgan fingerprint density at radius 2 is 1.83 bits per heavy atom. The highest BCUT2D eigenvalue weighted by molar-refractivity contribution is 7.91. The number of methoxy groups -OCH3 is 1. The number of pyridine rings is 1. The number of amides is 4. The number of sulfonamides is 1. The fourth-order valence-electron chi connectivity index (χ4n) is 9.31. The molecule has 3 N–H and O–H groups in total. The molecule has 2 aliphatic heterocycles. The number of ether oxygens (including phenoxy) is 3. The smallest absolute Gasteiger partial charge is 0.408 e. The molecule has 3 saturated carbocycles. The van der Waals surface area contributed by atoms with Gasteiger partial charge in [-0.3, -0.25) is 19.1 Å². The molecule has 1 aromatic heterocycles. The van der Waals surface area contributed by atoms with E-state index in [0.717, 1.165) is 49.5 Å². The van der Waals surface area contributed by atoms with Gasteiger partial charge in [0, 0.05) is 23.4 Å². The maximum atomic E-state index is 14.8. The Balaban J connectivity index is 1.24. The second-order valence-electron chi connectivity index (χ2n) is 18.2. The Morgan fingerprint density at radius 1 is 1.07 bits per heavy atom. The van der Waals surface area contributed by atoms with Gasteiger partial charge in [-0.2, -0.15) is 0 Å². The lowest BCUT2D eigenvalue weighted by Crippen LogP contribution is -2.60. The number of halogens is 2. The van der Waals surface area contributed by atoms with E-state index in [1.165, 1.54) is 4.90 Å². The second kappa shape index (κ2) is 16.6. The van der Waals surface area contributed by atoms with Gasteiger partial charge < -0.3 is 29.7 Å². The van der Waals surface area contributed by atoms with Gasteiger partial charge in [0.05, 0.1) is 30.3 Å². The summed E-state index contributed by atoms with van der Waals surface area (Å²) in [5.41, 5.74) is -1.65. The Hall–Kier alpha value is -4.28. The van der Waals surface area contributed by atoms with Crippen LogP contribution in [0.25, 0.3) is 10.9 Å². The number of alkyl halides is 2. The summed E-state index contributed by atoms with van der Waals surface area (Å²) in [6.45, 7) is 7.30. The fourth-order valence-corrected chi connectivity index (χ4v) is 10.7. The van der Waals surface area contributed by atoms with Crippen molar-refractivity contribution in [1.29, 1.82) is 0 Å². The minimum atomic E-state index is -4.13. The molecule has 3 aliphatic carbocycles. The zero-order valence-corrected chi connectivity index (χ0v) is 35.2. The quantitative estimate of drug-likeness (QED) is 0.311. The molecule has 2 aromatic rings. The van der Waals surface area contributed by atoms with Crippen molar-refractivity contribution in [2.75, 3.05) is 13.7 Å². The summed E-state index contributed by atoms with van der Waals surface area (Å²) >= 11 is 0. The molecule has 2 bridgehead atoms. The summed E-state index contributed by atoms with van der Waals surface area (Å²) in [6.07, 6.45) is 1.94. The number of alkyl carbamates (subject to hydrolysis) is 1. The maximum absolute atomic E-state index is 14.8. The van der Waals surface area contributed by atoms with E-state index in [1.54, 1.807) is 33.9 Å². The number of hydrogen-bond donors (Lipinski definition) is 3. The van der Waals surface area contributed by atoms with Crippen molar-refractivity contribution in [1.82, 2.24) is 25.2 Å². The predicted octanol–water partition coefficient (Wildman–Crippen LogP) is 5.40. The SMILES string of the molecule is CCC1CCC2OC(=O)NC(C(C)(C)C)C(=O)N3CC(CC3C(=O)NC3(C(=O)NS(=O)(=O)C4CC4)CC3C(F)F)Oc3nc4cc(OC)ccc4cc3CCCCCC12. The second-order valence-corrected chi connectivity index (χ2v) is 20.1. The molecule has 1 saturated heterocycles. The highest BCUT2D eigenvalue weighted by Gasteiger charge is 2.67. The number of carbonyl (C=O) groups excluding carboxylic acids is 4. The summed E-state index contributed by atoms with van der Waals surface area (Å²) in [7, 11) is -2.57. The van der Waals surface area contributed by atoms with Crippen molar-refractivity contribution < 1.29 is 50.6 Å². The molecule has 8 unspecified atom stereocenters. The molecule has 59 heavy (non-hydrogen) atoms. The van der Waals surface area contributed by atoms with Crippen molar-refractivity contribution in [3.63, 3.8) is 0 Å². The summed E-state index contributed by atoms with van der Waals surface area (Å²) in [4.78, 5) is 62.5. The number of benzene rings is 1. The molecule has 3 heterocycles. The van der Waals surface area contributed by atoms with Gasteiger partial charge in [0.2, 0.25) is 34.1 Å². The molecule has 17 heteroatoms. The molecular weight excluding hydrogens is 789 g/mol. The molecule has 0 radical (unpaired) electrons. The van der Waals surface area contributed by atoms with Crippen molar-refractivity contribution in [2.24, 2.45) is 23.2 Å². The van der Waals surface area contributed by atoms with Crippen LogP contribution in [0.3, 0.4) is 0 Å². The molecule has 4 fully saturated rings. The molecular formula is C42H57F2N5O9S. The van der Waals surface area contributed by atoms with Crippen LogP contribution >= 0.6 is 0 Å². The lowest BCUT2D eigenvalue weighted by Gasteiger charge is -2.36. The Labute approximate surface area is 344 Å². The predicted molar refractivity (Wildman–Crippen MR) is 213 cm³/mol. The van der Waals surface area contributed by atoms with Gasteiger partial charge in [0.15, 0.2) is 0 Å². The van der Waals surface area contributed by atoms with Crippen LogP contribution in [0.5, 0.6) is 11.6 Å². The van der Waals surface area contributed by atoms with Gasteiger partial charge in [0.1, 0.15) is 35.6 Å². The zero-order chi connectivity index (χ0) is 42.4. The van der Waals surface area contributed by atoms with Gasteiger partial charge in [-0.15, -0.1) is 0 Å². The van der Waals surface area contributed by atoms with Gasteiger partial charge in [-0.1, -0.05) is 47.0 Å². The average Bonchev–Trinajstić information content (AvgIpc) is 4.09. The maximum Gasteiger partial charge on any atom is 0.408 e. The number of nitrogens with one attached hydrogen (secondary N) is 3. The van der Waals surface area contributed by atoms with E-state index in [0.29, 0.717) is 48.7 Å². The fraction of sp³-hybridized carbons (Fsp3) is 0.690. The third-order valence-corrected chi connectivity index (χ3v) is 14.8. The number of carbonyl (C=O) groups is 4. The van der Waals surface area contributed by atoms with Crippen LogP contribution in [-0.4, -0.2) is 97.3 Å². The summed E-state index contributed by atoms with van der Waals surface area (Å²) in [5, 5.41) is 5.35. The number of hydrogen-bond acceptors (Lipinski definition) is 10. The molecule has 324 valence electrons. The third kappa shape index (κ3) is 9.09. The monoisotopic (exact) mass is 845 g/mol. The molecule has 14 nitrogen and oxygen atoms in total. The van der Waals surface area contributed by atoms with Gasteiger partial charge >= 0.3 is 6.09 Å². The summed E-state index contributed by atoms with van der Waals surface area (Å²) in [5.74, 6) is -2.96. The molecule has 1 aromatic carbocycles. The molecule has 5 aliphatic rings. The first-order valence-corrected chi connectivity index (χ1v) is 22.6. The van der Waals surface area contributed by atoms with Gasteiger partial charge in [-0.25, -0.2) is 27.0 Å². The number of aromatic nitrogens is 1. The van der Waals surface area contributed by atoms with E-state index >= 15 is 0 Å². The molecule has 8 atom stereocenters. The molecule has 7 rings (SSSR count). The molecule has 0 spiro atoms. The van der Waals surface area contributed by atoms with Crippen LogP contribution in [0.4, 0.5) is 13.6 Å². The largest absolute Gasteiger partial charge is 0.497 e. The summed E-state index contributed by atoms with van der Waals surface area (Å²) < 4.78 is 74.0. The van der Waals surface area contributed by atoms with E-state index in [2.05, 4.69) is 17.6 Å². The van der Waals surface area contributed by atoms with Crippen molar-refractivity contribution in [3.8, 4) is 11.6 Å². The van der Waals surface area contributed by atoms with Crippen molar-refractivity contribution in [3.05, 3.63) is 29.8 Å². The third-order valence-electron chi connectivity index (χ3n) is 13.0. The van der Waals surface area contributed by atoms with Gasteiger partial charge in [0.25, 0.3) is 5.91 Å². The lowest BCUT2D eigenvalue weighted by molar-refractivity contribution is -0.143. The van der Waals surface area contributed by atoms with E-state index in [9.17, 15) is 36.4 Å². The first-order chi connectivity index (χ1) is 27.9. The number of aryl methyl sites for hydroxylation is 1. The van der Waals surface area contributed by atoms with E-state index in [4.69, 9.17) is 19.2 Å². The normalized spacial score (nSPS) is 30.6. The van der Waals surface area contributed by atoms with Gasteiger partial charge in [-0.05, 0) is 86.8 Å². The topological polar surface area (TPSA) is 182 Å². The number of rotatable bonds is 8. The van der Waals surface area contributed by atoms with Crippen molar-refractivity contribution in [2.45, 2.75) is 146 Å². The van der Waals surface area contributed by atoms with Crippen LogP contribution in [-0.2, 0) is 35.6 Å². The minimum Gasteiger partial charge on any atom is -0.497 e. The van der Waals surface area contributed by atoms with E-state index in [-0.39, 0.29) is 25.0 Å². The van der Waals surface area contributed by atoms with Crippen LogP contribution in [0.1, 0.15) is 104 Å². The van der Waals surface area contributed by atoms with E-state index < -0.39 is 87.0 Å². The first-order valence-electron chi connectivity index (χ1n) is 21.0. The zero-order valence-electron chi connectivity index (χ0n) is 34.4. The van der Waals surface area contributed by atoms with Crippen LogP contribution in [0.2, 0.25) is 0 Å².